The zero-order valence-corrected chi connectivity index (χ0v) is 11.1. The normalized spacial score (nSPS) is 22.3. The minimum Gasteiger partial charge on any atom is -0.383 e. The van der Waals surface area contributed by atoms with Gasteiger partial charge in [-0.2, -0.15) is 0 Å². The highest BCUT2D eigenvalue weighted by Crippen LogP contribution is 2.30. The second-order valence-corrected chi connectivity index (χ2v) is 4.63. The van der Waals surface area contributed by atoms with Gasteiger partial charge in [0.05, 0.1) is 13.2 Å². The molecule has 1 aromatic rings. The molecule has 1 atom stereocenters. The van der Waals surface area contributed by atoms with Crippen molar-refractivity contribution in [2.24, 2.45) is 0 Å². The van der Waals surface area contributed by atoms with Gasteiger partial charge in [-0.15, -0.1) is 0 Å². The van der Waals surface area contributed by atoms with Gasteiger partial charge in [-0.25, -0.2) is 13.6 Å². The lowest BCUT2D eigenvalue weighted by Crippen LogP contribution is -2.42. The second kappa shape index (κ2) is 5.16. The van der Waals surface area contributed by atoms with E-state index in [0.717, 1.165) is 17.0 Å². The molecule has 1 aliphatic heterocycles. The molecule has 20 heavy (non-hydrogen) atoms. The number of carbonyl (C=O) groups is 2. The van der Waals surface area contributed by atoms with Gasteiger partial charge in [0.15, 0.2) is 0 Å². The van der Waals surface area contributed by atoms with Gasteiger partial charge in [0.1, 0.15) is 17.2 Å². The van der Waals surface area contributed by atoms with Crippen LogP contribution < -0.4 is 5.32 Å². The number of nitrogens with zero attached hydrogens (tertiary/aromatic N) is 1. The average molecular weight is 284 g/mol. The van der Waals surface area contributed by atoms with Gasteiger partial charge in [-0.3, -0.25) is 9.69 Å². The molecule has 1 N–H and O–H groups in total. The molecule has 1 aliphatic rings. The Hall–Kier alpha value is -2.02. The van der Waals surface area contributed by atoms with E-state index in [9.17, 15) is 18.4 Å². The van der Waals surface area contributed by atoms with E-state index in [2.05, 4.69) is 5.32 Å². The summed E-state index contributed by atoms with van der Waals surface area (Å²) in [5, 5.41) is 2.44. The summed E-state index contributed by atoms with van der Waals surface area (Å²) in [5.41, 5.74) is -1.61. The fourth-order valence-corrected chi connectivity index (χ4v) is 2.16. The van der Waals surface area contributed by atoms with Crippen LogP contribution in [-0.2, 0) is 15.1 Å². The monoisotopic (exact) mass is 284 g/mol. The quantitative estimate of drug-likeness (QED) is 0.850. The second-order valence-electron chi connectivity index (χ2n) is 4.63. The Bertz CT molecular complexity index is 565. The zero-order valence-electron chi connectivity index (χ0n) is 11.1. The Morgan fingerprint density at radius 1 is 1.35 bits per heavy atom. The number of hydrogen-bond acceptors (Lipinski definition) is 3. The standard InChI is InChI=1S/C13H14F2N2O3/c1-13(9-4-3-8(14)7-10(9)15)11(18)17(5-6-20-2)12(19)16-13/h3-4,7H,5-6H2,1-2H3,(H,16,19). The first-order valence-electron chi connectivity index (χ1n) is 5.98. The number of hydrogen-bond donors (Lipinski definition) is 1. The minimum absolute atomic E-state index is 0.0690. The summed E-state index contributed by atoms with van der Waals surface area (Å²) >= 11 is 0. The molecule has 5 nitrogen and oxygen atoms in total. The maximum absolute atomic E-state index is 13.8. The lowest BCUT2D eigenvalue weighted by atomic mass is 9.91. The molecule has 3 amide bonds. The molecule has 1 unspecified atom stereocenters. The topological polar surface area (TPSA) is 58.6 Å². The van der Waals surface area contributed by atoms with Crippen LogP contribution in [0.4, 0.5) is 13.6 Å². The van der Waals surface area contributed by atoms with Crippen molar-refractivity contribution in [2.45, 2.75) is 12.5 Å². The van der Waals surface area contributed by atoms with Gasteiger partial charge in [0.25, 0.3) is 5.91 Å². The van der Waals surface area contributed by atoms with Crippen molar-refractivity contribution in [1.82, 2.24) is 10.2 Å². The van der Waals surface area contributed by atoms with Gasteiger partial charge in [-0.1, -0.05) is 6.07 Å². The molecule has 108 valence electrons. The summed E-state index contributed by atoms with van der Waals surface area (Å²) < 4.78 is 31.6. The van der Waals surface area contributed by atoms with Gasteiger partial charge in [0, 0.05) is 18.7 Å². The van der Waals surface area contributed by atoms with Crippen LogP contribution in [0, 0.1) is 11.6 Å². The molecule has 1 aromatic carbocycles. The van der Waals surface area contributed by atoms with Crippen molar-refractivity contribution in [3.05, 3.63) is 35.4 Å². The SMILES string of the molecule is COCCN1C(=O)NC(C)(c2ccc(F)cc2F)C1=O. The molecule has 1 heterocycles. The third-order valence-corrected chi connectivity index (χ3v) is 3.26. The van der Waals surface area contributed by atoms with E-state index in [1.807, 2.05) is 0 Å². The smallest absolute Gasteiger partial charge is 0.325 e. The zero-order chi connectivity index (χ0) is 14.9. The molecule has 0 saturated carbocycles. The first-order chi connectivity index (χ1) is 9.40. The maximum atomic E-state index is 13.8. The number of imide groups is 1. The number of rotatable bonds is 4. The molecule has 0 bridgehead atoms. The summed E-state index contributed by atoms with van der Waals surface area (Å²) in [5.74, 6) is -2.22. The van der Waals surface area contributed by atoms with E-state index in [1.54, 1.807) is 0 Å². The third-order valence-electron chi connectivity index (χ3n) is 3.26. The number of benzene rings is 1. The molecule has 0 spiro atoms. The van der Waals surface area contributed by atoms with Gasteiger partial charge < -0.3 is 10.1 Å². The number of ether oxygens (including phenoxy) is 1. The number of urea groups is 1. The Labute approximate surface area is 114 Å². The summed E-state index contributed by atoms with van der Waals surface area (Å²) in [6, 6.07) is 2.25. The summed E-state index contributed by atoms with van der Waals surface area (Å²) in [7, 11) is 1.44. The van der Waals surface area contributed by atoms with Gasteiger partial charge >= 0.3 is 6.03 Å². The van der Waals surface area contributed by atoms with Crippen LogP contribution in [0.3, 0.4) is 0 Å². The Balaban J connectivity index is 2.35. The van der Waals surface area contributed by atoms with Crippen LogP contribution in [0.15, 0.2) is 18.2 Å². The van der Waals surface area contributed by atoms with Crippen LogP contribution in [0.1, 0.15) is 12.5 Å². The largest absolute Gasteiger partial charge is 0.383 e. The van der Waals surface area contributed by atoms with E-state index in [0.29, 0.717) is 6.07 Å². The molecule has 1 fully saturated rings. The number of methoxy groups -OCH3 is 1. The van der Waals surface area contributed by atoms with Crippen molar-refractivity contribution in [1.29, 1.82) is 0 Å². The molecular weight excluding hydrogens is 270 g/mol. The lowest BCUT2D eigenvalue weighted by molar-refractivity contribution is -0.131. The average Bonchev–Trinajstić information content (AvgIpc) is 2.59. The Morgan fingerprint density at radius 2 is 2.05 bits per heavy atom. The first kappa shape index (κ1) is 14.4. The predicted octanol–water partition coefficient (Wildman–Crippen LogP) is 1.38. The van der Waals surface area contributed by atoms with Crippen molar-refractivity contribution >= 4 is 11.9 Å². The highest BCUT2D eigenvalue weighted by Gasteiger charge is 2.50. The minimum atomic E-state index is -1.54. The van der Waals surface area contributed by atoms with Crippen LogP contribution >= 0.6 is 0 Å². The lowest BCUT2D eigenvalue weighted by Gasteiger charge is -2.22. The van der Waals surface area contributed by atoms with E-state index in [4.69, 9.17) is 4.74 Å². The fraction of sp³-hybridized carbons (Fsp3) is 0.385. The summed E-state index contributed by atoms with van der Waals surface area (Å²) in [6.45, 7) is 1.64. The van der Waals surface area contributed by atoms with Crippen LogP contribution in [-0.4, -0.2) is 37.1 Å². The van der Waals surface area contributed by atoms with E-state index < -0.39 is 29.1 Å². The van der Waals surface area contributed by atoms with Gasteiger partial charge in [-0.05, 0) is 13.0 Å². The maximum Gasteiger partial charge on any atom is 0.325 e. The highest BCUT2D eigenvalue weighted by atomic mass is 19.1. The number of nitrogens with one attached hydrogen (secondary N) is 1. The number of amides is 3. The van der Waals surface area contributed by atoms with Crippen molar-refractivity contribution in [3.8, 4) is 0 Å². The van der Waals surface area contributed by atoms with Crippen LogP contribution in [0.5, 0.6) is 0 Å². The molecule has 2 rings (SSSR count). The Kier molecular flexibility index (Phi) is 3.71. The highest BCUT2D eigenvalue weighted by molar-refractivity contribution is 6.07. The van der Waals surface area contributed by atoms with Crippen molar-refractivity contribution in [2.75, 3.05) is 20.3 Å². The van der Waals surface area contributed by atoms with Gasteiger partial charge in [0.2, 0.25) is 0 Å². The van der Waals surface area contributed by atoms with Crippen molar-refractivity contribution < 1.29 is 23.1 Å². The molecule has 7 heteroatoms. The fourth-order valence-electron chi connectivity index (χ4n) is 2.16. The molecular formula is C13H14F2N2O3. The third kappa shape index (κ3) is 2.24. The first-order valence-corrected chi connectivity index (χ1v) is 5.98. The molecule has 0 aromatic heterocycles. The number of carbonyl (C=O) groups excluding carboxylic acids is 2. The molecule has 0 aliphatic carbocycles. The molecule has 0 radical (unpaired) electrons. The van der Waals surface area contributed by atoms with E-state index in [-0.39, 0.29) is 18.7 Å². The predicted molar refractivity (Wildman–Crippen MR) is 65.8 cm³/mol. The number of halogens is 2. The van der Waals surface area contributed by atoms with E-state index in [1.165, 1.54) is 14.0 Å². The summed E-state index contributed by atoms with van der Waals surface area (Å²) in [6.07, 6.45) is 0. The molecule has 1 saturated heterocycles. The van der Waals surface area contributed by atoms with E-state index >= 15 is 0 Å². The summed E-state index contributed by atoms with van der Waals surface area (Å²) in [4.78, 5) is 25.1. The van der Waals surface area contributed by atoms with Crippen LogP contribution in [0.25, 0.3) is 0 Å². The van der Waals surface area contributed by atoms with Crippen molar-refractivity contribution in [3.63, 3.8) is 0 Å². The van der Waals surface area contributed by atoms with Crippen LogP contribution in [0.2, 0.25) is 0 Å². The Morgan fingerprint density at radius 3 is 2.65 bits per heavy atom.